The summed E-state index contributed by atoms with van der Waals surface area (Å²) in [6.07, 6.45) is 0. The van der Waals surface area contributed by atoms with Crippen LogP contribution in [0.2, 0.25) is 0 Å². The van der Waals surface area contributed by atoms with E-state index in [1.54, 1.807) is 24.3 Å². The standard InChI is InChI=1S/C26H26N4O4/c1-25(2,3)19-22-24(34-18-12-14(30(31)32)8-10-16(18)29-22)20(26(4,5)6)21-23(19)33-17-11-13(27)7-9-15(17)28-21/h7-12,27,29H,1-6H3. The van der Waals surface area contributed by atoms with Crippen molar-refractivity contribution in [2.45, 2.75) is 52.4 Å². The van der Waals surface area contributed by atoms with Crippen LogP contribution in [-0.4, -0.2) is 9.91 Å². The fourth-order valence-electron chi connectivity index (χ4n) is 4.51. The highest BCUT2D eigenvalue weighted by Gasteiger charge is 2.37. The number of rotatable bonds is 1. The SMILES string of the molecule is CC(C)(C)c1c2c(c(C(C)(C)C)c3oc4cc(=N)ccc-4nc13)Nc1ccc([N+](=O)[O-])cc1O2. The highest BCUT2D eigenvalue weighted by atomic mass is 16.6. The summed E-state index contributed by atoms with van der Waals surface area (Å²) in [5.41, 5.74) is 4.32. The average molecular weight is 459 g/mol. The van der Waals surface area contributed by atoms with Crippen LogP contribution >= 0.6 is 0 Å². The predicted molar refractivity (Wildman–Crippen MR) is 130 cm³/mol. The molecular weight excluding hydrogens is 432 g/mol. The van der Waals surface area contributed by atoms with Crippen molar-refractivity contribution in [1.82, 2.24) is 4.98 Å². The Morgan fingerprint density at radius 1 is 1.00 bits per heavy atom. The van der Waals surface area contributed by atoms with Gasteiger partial charge in [-0.1, -0.05) is 41.5 Å². The third kappa shape index (κ3) is 3.37. The summed E-state index contributed by atoms with van der Waals surface area (Å²) in [5.74, 6) is 1.53. The average Bonchev–Trinajstić information content (AvgIpc) is 2.72. The lowest BCUT2D eigenvalue weighted by atomic mass is 9.78. The number of nitro groups is 1. The van der Waals surface area contributed by atoms with Gasteiger partial charge in [0.15, 0.2) is 22.8 Å². The fourth-order valence-corrected chi connectivity index (χ4v) is 4.51. The fraction of sp³-hybridized carbons (Fsp3) is 0.308. The molecule has 174 valence electrons. The Labute approximate surface area is 196 Å². The van der Waals surface area contributed by atoms with Gasteiger partial charge in [0.1, 0.15) is 11.2 Å². The van der Waals surface area contributed by atoms with E-state index in [0.717, 1.165) is 16.8 Å². The molecule has 0 unspecified atom stereocenters. The lowest BCUT2D eigenvalue weighted by Gasteiger charge is -2.34. The van der Waals surface area contributed by atoms with Gasteiger partial charge in [-0.15, -0.1) is 0 Å². The number of anilines is 2. The van der Waals surface area contributed by atoms with Crippen molar-refractivity contribution < 1.29 is 14.1 Å². The molecule has 0 saturated heterocycles. The summed E-state index contributed by atoms with van der Waals surface area (Å²) in [7, 11) is 0. The molecule has 34 heavy (non-hydrogen) atoms. The molecule has 2 aliphatic heterocycles. The van der Waals surface area contributed by atoms with Crippen LogP contribution in [0.4, 0.5) is 17.1 Å². The van der Waals surface area contributed by atoms with Crippen LogP contribution in [0.5, 0.6) is 11.5 Å². The second-order valence-corrected chi connectivity index (χ2v) is 10.7. The van der Waals surface area contributed by atoms with Gasteiger partial charge in [-0.3, -0.25) is 10.1 Å². The molecule has 0 atom stereocenters. The molecule has 2 N–H and O–H groups in total. The molecular formula is C26H26N4O4. The molecule has 0 amide bonds. The van der Waals surface area contributed by atoms with Crippen molar-refractivity contribution in [2.24, 2.45) is 0 Å². The minimum absolute atomic E-state index is 0.0385. The van der Waals surface area contributed by atoms with E-state index in [1.807, 2.05) is 0 Å². The van der Waals surface area contributed by atoms with Gasteiger partial charge in [0.25, 0.3) is 5.69 Å². The third-order valence-electron chi connectivity index (χ3n) is 5.93. The Bertz CT molecular complexity index is 1520. The monoisotopic (exact) mass is 458 g/mol. The summed E-state index contributed by atoms with van der Waals surface area (Å²) in [4.78, 5) is 15.9. The minimum atomic E-state index is -0.433. The maximum absolute atomic E-state index is 11.4. The lowest BCUT2D eigenvalue weighted by Crippen LogP contribution is -2.22. The number of nitrogens with zero attached hydrogens (tertiary/aromatic N) is 2. The van der Waals surface area contributed by atoms with E-state index >= 15 is 0 Å². The van der Waals surface area contributed by atoms with Gasteiger partial charge in [-0.2, -0.15) is 0 Å². The summed E-state index contributed by atoms with van der Waals surface area (Å²) < 4.78 is 12.9. The van der Waals surface area contributed by atoms with E-state index in [1.165, 1.54) is 12.1 Å². The zero-order valence-electron chi connectivity index (χ0n) is 20.0. The third-order valence-corrected chi connectivity index (χ3v) is 5.93. The summed E-state index contributed by atoms with van der Waals surface area (Å²) in [6.45, 7) is 12.5. The number of non-ortho nitro benzene ring substituents is 1. The first-order valence-corrected chi connectivity index (χ1v) is 11.1. The van der Waals surface area contributed by atoms with Crippen molar-refractivity contribution in [1.29, 1.82) is 5.41 Å². The normalized spacial score (nSPS) is 13.2. The molecule has 0 aromatic heterocycles. The van der Waals surface area contributed by atoms with Crippen LogP contribution < -0.4 is 15.4 Å². The molecule has 5 rings (SSSR count). The number of hydrogen-bond acceptors (Lipinski definition) is 7. The molecule has 2 aromatic rings. The van der Waals surface area contributed by atoms with Gasteiger partial charge >= 0.3 is 0 Å². The number of benzene rings is 3. The van der Waals surface area contributed by atoms with Gasteiger partial charge in [0, 0.05) is 23.3 Å². The van der Waals surface area contributed by atoms with Crippen molar-refractivity contribution >= 4 is 28.2 Å². The molecule has 1 aliphatic carbocycles. The van der Waals surface area contributed by atoms with Crippen molar-refractivity contribution in [3.05, 3.63) is 63.0 Å². The van der Waals surface area contributed by atoms with Gasteiger partial charge in [-0.05, 0) is 29.0 Å². The zero-order valence-corrected chi connectivity index (χ0v) is 20.0. The smallest absolute Gasteiger partial charge is 0.273 e. The van der Waals surface area contributed by atoms with Crippen LogP contribution in [0.15, 0.2) is 40.8 Å². The minimum Gasteiger partial charge on any atom is -0.452 e. The quantitative estimate of drug-likeness (QED) is 0.163. The van der Waals surface area contributed by atoms with Crippen LogP contribution in [0, 0.1) is 15.5 Å². The second-order valence-electron chi connectivity index (χ2n) is 10.7. The Balaban J connectivity index is 1.94. The van der Waals surface area contributed by atoms with Crippen molar-refractivity contribution in [2.75, 3.05) is 5.32 Å². The number of fused-ring (bicyclic) bond motifs is 4. The van der Waals surface area contributed by atoms with E-state index in [-0.39, 0.29) is 16.5 Å². The molecule has 0 radical (unpaired) electrons. The van der Waals surface area contributed by atoms with Gasteiger partial charge < -0.3 is 19.9 Å². The Morgan fingerprint density at radius 2 is 1.71 bits per heavy atom. The molecule has 3 aliphatic rings. The number of ether oxygens (including phenoxy) is 1. The van der Waals surface area contributed by atoms with Crippen LogP contribution in [-0.2, 0) is 10.8 Å². The first kappa shape index (κ1) is 21.9. The molecule has 0 saturated carbocycles. The summed E-state index contributed by atoms with van der Waals surface area (Å²) in [5, 5.41) is 23.2. The van der Waals surface area contributed by atoms with Crippen LogP contribution in [0.3, 0.4) is 0 Å². The largest absolute Gasteiger partial charge is 0.452 e. The number of aromatic nitrogens is 1. The van der Waals surface area contributed by atoms with Gasteiger partial charge in [0.2, 0.25) is 0 Å². The molecule has 0 bridgehead atoms. The van der Waals surface area contributed by atoms with Crippen LogP contribution in [0.25, 0.3) is 22.6 Å². The van der Waals surface area contributed by atoms with Crippen LogP contribution in [0.1, 0.15) is 52.7 Å². The molecule has 0 fully saturated rings. The van der Waals surface area contributed by atoms with Crippen molar-refractivity contribution in [3.8, 4) is 23.0 Å². The van der Waals surface area contributed by atoms with E-state index in [2.05, 4.69) is 46.9 Å². The number of hydrogen-bond donors (Lipinski definition) is 2. The molecule has 8 nitrogen and oxygen atoms in total. The van der Waals surface area contributed by atoms with E-state index in [0.29, 0.717) is 45.1 Å². The first-order chi connectivity index (χ1) is 15.8. The van der Waals surface area contributed by atoms with E-state index < -0.39 is 4.92 Å². The van der Waals surface area contributed by atoms with Crippen molar-refractivity contribution in [3.63, 3.8) is 0 Å². The Kier molecular flexibility index (Phi) is 4.52. The van der Waals surface area contributed by atoms with E-state index in [9.17, 15) is 10.1 Å². The Hall–Kier alpha value is -3.94. The highest BCUT2D eigenvalue weighted by Crippen LogP contribution is 2.55. The second kappa shape index (κ2) is 7.03. The Morgan fingerprint density at radius 3 is 2.35 bits per heavy atom. The topological polar surface area (TPSA) is 114 Å². The first-order valence-electron chi connectivity index (χ1n) is 11.1. The summed E-state index contributed by atoms with van der Waals surface area (Å²) >= 11 is 0. The molecule has 8 heteroatoms. The number of nitrogens with one attached hydrogen (secondary N) is 2. The predicted octanol–water partition coefficient (Wildman–Crippen LogP) is 6.76. The molecule has 0 spiro atoms. The van der Waals surface area contributed by atoms with Gasteiger partial charge in [-0.25, -0.2) is 4.98 Å². The molecule has 2 aromatic carbocycles. The van der Waals surface area contributed by atoms with Gasteiger partial charge in [0.05, 0.1) is 27.7 Å². The van der Waals surface area contributed by atoms with E-state index in [4.69, 9.17) is 19.5 Å². The zero-order chi connectivity index (χ0) is 24.6. The number of nitro benzene ring substituents is 1. The summed E-state index contributed by atoms with van der Waals surface area (Å²) in [6, 6.07) is 9.68. The highest BCUT2D eigenvalue weighted by molar-refractivity contribution is 5.96. The molecule has 2 heterocycles. The maximum Gasteiger partial charge on any atom is 0.273 e. The maximum atomic E-state index is 11.4. The lowest BCUT2D eigenvalue weighted by molar-refractivity contribution is -0.384.